The van der Waals surface area contributed by atoms with Crippen molar-refractivity contribution in [3.8, 4) is 0 Å². The Kier molecular flexibility index (Phi) is 5.10. The summed E-state index contributed by atoms with van der Waals surface area (Å²) in [6, 6.07) is 4.36. The van der Waals surface area contributed by atoms with Gasteiger partial charge in [-0.15, -0.1) is 0 Å². The maximum absolute atomic E-state index is 14.0. The van der Waals surface area contributed by atoms with E-state index in [1.165, 1.54) is 26.2 Å². The van der Waals surface area contributed by atoms with Crippen molar-refractivity contribution in [1.29, 1.82) is 0 Å². The molecule has 0 fully saturated rings. The van der Waals surface area contributed by atoms with Gasteiger partial charge in [-0.3, -0.25) is 4.79 Å². The molecular formula is C14H18BrFO3. The number of carbonyl (C=O) groups is 1. The first-order valence-corrected chi connectivity index (χ1v) is 6.76. The third kappa shape index (κ3) is 3.34. The number of hydrogen-bond donors (Lipinski definition) is 1. The lowest BCUT2D eigenvalue weighted by atomic mass is 9.76. The highest BCUT2D eigenvalue weighted by atomic mass is 79.9. The molecule has 0 heterocycles. The number of rotatable bonds is 4. The number of esters is 1. The maximum Gasteiger partial charge on any atom is 0.312 e. The molecule has 1 aromatic rings. The van der Waals surface area contributed by atoms with Gasteiger partial charge >= 0.3 is 5.97 Å². The summed E-state index contributed by atoms with van der Waals surface area (Å²) < 4.78 is 19.3. The Balaban J connectivity index is 3.30. The molecule has 106 valence electrons. The lowest BCUT2D eigenvalue weighted by Crippen LogP contribution is -2.41. The average Bonchev–Trinajstić information content (AvgIpc) is 2.27. The minimum atomic E-state index is -1.63. The van der Waals surface area contributed by atoms with E-state index in [0.29, 0.717) is 4.47 Å². The van der Waals surface area contributed by atoms with Gasteiger partial charge in [0.2, 0.25) is 0 Å². The highest BCUT2D eigenvalue weighted by Crippen LogP contribution is 2.37. The standard InChI is InChI=1S/C14H18BrFO3/c1-8(2)12(13(17)19-4)14(3,18)10-6-5-9(15)7-11(10)16/h5-8,12,18H,1-4H3. The van der Waals surface area contributed by atoms with E-state index in [1.54, 1.807) is 19.9 Å². The molecule has 0 radical (unpaired) electrons. The first-order chi connectivity index (χ1) is 8.71. The molecule has 1 N–H and O–H groups in total. The smallest absolute Gasteiger partial charge is 0.312 e. The van der Waals surface area contributed by atoms with E-state index in [4.69, 9.17) is 4.74 Å². The van der Waals surface area contributed by atoms with Crippen LogP contribution < -0.4 is 0 Å². The van der Waals surface area contributed by atoms with Crippen molar-refractivity contribution in [2.24, 2.45) is 11.8 Å². The molecule has 19 heavy (non-hydrogen) atoms. The van der Waals surface area contributed by atoms with E-state index in [9.17, 15) is 14.3 Å². The summed E-state index contributed by atoms with van der Waals surface area (Å²) in [7, 11) is 1.26. The van der Waals surface area contributed by atoms with Crippen molar-refractivity contribution in [2.75, 3.05) is 7.11 Å². The fourth-order valence-electron chi connectivity index (χ4n) is 2.35. The van der Waals surface area contributed by atoms with E-state index in [1.807, 2.05) is 0 Å². The number of aliphatic hydroxyl groups is 1. The third-order valence-electron chi connectivity index (χ3n) is 3.20. The highest BCUT2D eigenvalue weighted by molar-refractivity contribution is 9.10. The molecule has 2 atom stereocenters. The largest absolute Gasteiger partial charge is 0.469 e. The number of ether oxygens (including phenoxy) is 1. The minimum absolute atomic E-state index is 0.0831. The van der Waals surface area contributed by atoms with Crippen LogP contribution in [0.1, 0.15) is 26.3 Å². The first kappa shape index (κ1) is 16.1. The quantitative estimate of drug-likeness (QED) is 0.861. The van der Waals surface area contributed by atoms with Gasteiger partial charge in [-0.25, -0.2) is 4.39 Å². The number of halogens is 2. The monoisotopic (exact) mass is 332 g/mol. The highest BCUT2D eigenvalue weighted by Gasteiger charge is 2.43. The van der Waals surface area contributed by atoms with Gasteiger partial charge in [-0.1, -0.05) is 35.8 Å². The summed E-state index contributed by atoms with van der Waals surface area (Å²) in [6.45, 7) is 5.00. The van der Waals surface area contributed by atoms with Crippen molar-refractivity contribution in [2.45, 2.75) is 26.4 Å². The Morgan fingerprint density at radius 1 is 1.47 bits per heavy atom. The van der Waals surface area contributed by atoms with E-state index in [2.05, 4.69) is 15.9 Å². The molecule has 3 nitrogen and oxygen atoms in total. The number of benzene rings is 1. The van der Waals surface area contributed by atoms with Gasteiger partial charge in [0.05, 0.1) is 13.0 Å². The molecule has 0 saturated heterocycles. The van der Waals surface area contributed by atoms with Gasteiger partial charge in [-0.05, 0) is 25.0 Å². The van der Waals surface area contributed by atoms with Crippen molar-refractivity contribution < 1.29 is 19.0 Å². The van der Waals surface area contributed by atoms with Crippen LogP contribution >= 0.6 is 15.9 Å². The van der Waals surface area contributed by atoms with Gasteiger partial charge < -0.3 is 9.84 Å². The van der Waals surface area contributed by atoms with E-state index in [0.717, 1.165) is 0 Å². The summed E-state index contributed by atoms with van der Waals surface area (Å²) >= 11 is 3.16. The molecule has 0 bridgehead atoms. The summed E-state index contributed by atoms with van der Waals surface area (Å²) in [5.41, 5.74) is -1.55. The van der Waals surface area contributed by atoms with Gasteiger partial charge in [-0.2, -0.15) is 0 Å². The van der Waals surface area contributed by atoms with E-state index >= 15 is 0 Å². The van der Waals surface area contributed by atoms with Gasteiger partial charge in [0, 0.05) is 10.0 Å². The number of carbonyl (C=O) groups excluding carboxylic acids is 1. The van der Waals surface area contributed by atoms with Crippen molar-refractivity contribution >= 4 is 21.9 Å². The van der Waals surface area contributed by atoms with Crippen LogP contribution in [0.3, 0.4) is 0 Å². The number of hydrogen-bond acceptors (Lipinski definition) is 3. The maximum atomic E-state index is 14.0. The molecule has 1 rings (SSSR count). The van der Waals surface area contributed by atoms with Crippen molar-refractivity contribution in [3.63, 3.8) is 0 Å². The van der Waals surface area contributed by atoms with Crippen LogP contribution in [0.5, 0.6) is 0 Å². The van der Waals surface area contributed by atoms with Crippen LogP contribution in [0, 0.1) is 17.7 Å². The molecule has 0 amide bonds. The van der Waals surface area contributed by atoms with E-state index in [-0.39, 0.29) is 11.5 Å². The first-order valence-electron chi connectivity index (χ1n) is 5.97. The molecule has 0 aliphatic heterocycles. The fourth-order valence-corrected chi connectivity index (χ4v) is 2.68. The lowest BCUT2D eigenvalue weighted by Gasteiger charge is -2.34. The van der Waals surface area contributed by atoms with Gasteiger partial charge in [0.25, 0.3) is 0 Å². The second-order valence-electron chi connectivity index (χ2n) is 5.02. The van der Waals surface area contributed by atoms with Crippen LogP contribution in [0.15, 0.2) is 22.7 Å². The van der Waals surface area contributed by atoms with Crippen LogP contribution in [0.2, 0.25) is 0 Å². The lowest BCUT2D eigenvalue weighted by molar-refractivity contribution is -0.159. The second kappa shape index (κ2) is 6.01. The molecule has 0 spiro atoms. The van der Waals surface area contributed by atoms with Crippen LogP contribution in [-0.4, -0.2) is 18.2 Å². The molecule has 1 aromatic carbocycles. The van der Waals surface area contributed by atoms with E-state index < -0.39 is 23.3 Å². The predicted octanol–water partition coefficient (Wildman–Crippen LogP) is 3.24. The Hall–Kier alpha value is -0.940. The van der Waals surface area contributed by atoms with Gasteiger partial charge in [0.15, 0.2) is 0 Å². The third-order valence-corrected chi connectivity index (χ3v) is 3.70. The molecule has 0 aliphatic carbocycles. The molecule has 2 unspecified atom stereocenters. The Bertz CT molecular complexity index is 472. The zero-order valence-corrected chi connectivity index (χ0v) is 13.0. The van der Waals surface area contributed by atoms with Gasteiger partial charge in [0.1, 0.15) is 11.4 Å². The Labute approximate surface area is 120 Å². The van der Waals surface area contributed by atoms with Crippen LogP contribution in [0.4, 0.5) is 4.39 Å². The topological polar surface area (TPSA) is 46.5 Å². The van der Waals surface area contributed by atoms with Crippen molar-refractivity contribution in [1.82, 2.24) is 0 Å². The zero-order valence-electron chi connectivity index (χ0n) is 11.4. The Morgan fingerprint density at radius 2 is 2.05 bits per heavy atom. The molecule has 0 aliphatic rings. The second-order valence-corrected chi connectivity index (χ2v) is 5.93. The molecular weight excluding hydrogens is 315 g/mol. The number of methoxy groups -OCH3 is 1. The summed E-state index contributed by atoms with van der Waals surface area (Å²) in [5, 5.41) is 10.6. The molecule has 0 saturated carbocycles. The average molecular weight is 333 g/mol. The fraction of sp³-hybridized carbons (Fsp3) is 0.500. The normalized spacial score (nSPS) is 16.0. The minimum Gasteiger partial charge on any atom is -0.469 e. The molecule has 0 aromatic heterocycles. The summed E-state index contributed by atoms with van der Waals surface area (Å²) in [6.07, 6.45) is 0. The van der Waals surface area contributed by atoms with Crippen molar-refractivity contribution in [3.05, 3.63) is 34.1 Å². The SMILES string of the molecule is COC(=O)C(C(C)C)C(C)(O)c1ccc(Br)cc1F. The summed E-state index contributed by atoms with van der Waals surface area (Å²) in [5.74, 6) is -2.14. The molecule has 5 heteroatoms. The summed E-state index contributed by atoms with van der Waals surface area (Å²) in [4.78, 5) is 11.8. The zero-order chi connectivity index (χ0) is 14.8. The van der Waals surface area contributed by atoms with Crippen LogP contribution in [0.25, 0.3) is 0 Å². The Morgan fingerprint density at radius 3 is 2.47 bits per heavy atom. The van der Waals surface area contributed by atoms with Crippen LogP contribution in [-0.2, 0) is 15.1 Å². The predicted molar refractivity (Wildman–Crippen MR) is 74.0 cm³/mol.